The van der Waals surface area contributed by atoms with Gasteiger partial charge in [0.1, 0.15) is 5.82 Å². The lowest BCUT2D eigenvalue weighted by atomic mass is 10.0. The van der Waals surface area contributed by atoms with E-state index in [0.29, 0.717) is 12.1 Å². The molecule has 6 nitrogen and oxygen atoms in total. The highest BCUT2D eigenvalue weighted by molar-refractivity contribution is 5.88. The number of aryl methyl sites for hydroxylation is 1. The molecule has 0 saturated carbocycles. The molecular formula is C19H23N3O3. The number of carbonyl (C=O) groups is 2. The topological polar surface area (TPSA) is 75.4 Å². The van der Waals surface area contributed by atoms with Gasteiger partial charge in [0.2, 0.25) is 5.91 Å². The Hall–Kier alpha value is -2.63. The Balaban J connectivity index is 1.68. The van der Waals surface area contributed by atoms with Crippen LogP contribution in [0.2, 0.25) is 0 Å². The second-order valence-electron chi connectivity index (χ2n) is 6.62. The molecule has 3 rings (SSSR count). The van der Waals surface area contributed by atoms with Crippen LogP contribution in [0.15, 0.2) is 24.3 Å². The Kier molecular flexibility index (Phi) is 4.88. The zero-order valence-electron chi connectivity index (χ0n) is 14.7. The summed E-state index contributed by atoms with van der Waals surface area (Å²) in [6.07, 6.45) is 4.63. The molecule has 1 aromatic heterocycles. The number of likely N-dealkylation sites (N-methyl/N-ethyl adjacent to an activating group) is 1. The minimum atomic E-state index is -0.985. The molecule has 25 heavy (non-hydrogen) atoms. The molecule has 0 aliphatic heterocycles. The molecule has 1 aromatic carbocycles. The summed E-state index contributed by atoms with van der Waals surface area (Å²) in [5.74, 6) is -0.133. The van der Waals surface area contributed by atoms with Crippen molar-refractivity contribution in [1.82, 2.24) is 14.5 Å². The molecule has 6 heteroatoms. The monoisotopic (exact) mass is 341 g/mol. The van der Waals surface area contributed by atoms with E-state index in [0.717, 1.165) is 18.7 Å². The quantitative estimate of drug-likeness (QED) is 0.905. The van der Waals surface area contributed by atoms with Gasteiger partial charge in [-0.05, 0) is 43.4 Å². The molecule has 1 heterocycles. The second-order valence-corrected chi connectivity index (χ2v) is 6.62. The van der Waals surface area contributed by atoms with Gasteiger partial charge in [0.15, 0.2) is 0 Å². The summed E-state index contributed by atoms with van der Waals surface area (Å²) in [5, 5.41) is 9.05. The number of fused-ring (bicyclic) bond motifs is 1. The lowest BCUT2D eigenvalue weighted by Crippen LogP contribution is -2.29. The van der Waals surface area contributed by atoms with E-state index < -0.39 is 5.97 Å². The van der Waals surface area contributed by atoms with Gasteiger partial charge in [-0.2, -0.15) is 0 Å². The number of carboxylic acid groups (broad SMARTS) is 1. The van der Waals surface area contributed by atoms with Crippen LogP contribution in [-0.4, -0.2) is 38.5 Å². The van der Waals surface area contributed by atoms with Crippen LogP contribution < -0.4 is 0 Å². The number of imidazole rings is 1. The molecule has 0 spiro atoms. The minimum absolute atomic E-state index is 0.0523. The van der Waals surface area contributed by atoms with Gasteiger partial charge in [-0.1, -0.05) is 12.1 Å². The predicted octanol–water partition coefficient (Wildman–Crippen LogP) is 2.20. The smallest absolute Gasteiger partial charge is 0.335 e. The van der Waals surface area contributed by atoms with Crippen molar-refractivity contribution >= 4 is 11.9 Å². The Morgan fingerprint density at radius 1 is 1.28 bits per heavy atom. The summed E-state index contributed by atoms with van der Waals surface area (Å²) in [6, 6.07) is 6.52. The fourth-order valence-electron chi connectivity index (χ4n) is 3.31. The van der Waals surface area contributed by atoms with Gasteiger partial charge in [0.25, 0.3) is 0 Å². The average molecular weight is 341 g/mol. The molecule has 0 fully saturated rings. The van der Waals surface area contributed by atoms with Gasteiger partial charge in [-0.15, -0.1) is 0 Å². The number of nitrogens with zero attached hydrogens (tertiary/aromatic N) is 3. The Morgan fingerprint density at radius 2 is 2.04 bits per heavy atom. The molecular weight excluding hydrogens is 318 g/mol. The van der Waals surface area contributed by atoms with E-state index in [-0.39, 0.29) is 17.9 Å². The van der Waals surface area contributed by atoms with Crippen molar-refractivity contribution in [2.24, 2.45) is 7.05 Å². The lowest BCUT2D eigenvalue weighted by Gasteiger charge is -2.17. The van der Waals surface area contributed by atoms with Gasteiger partial charge >= 0.3 is 5.97 Å². The number of aromatic carboxylic acids is 1. The SMILES string of the molecule is CN(Cc1nc2c(n1C)CCCC2)C(=O)Cc1cccc(C(=O)O)c1. The normalized spacial score (nSPS) is 13.4. The highest BCUT2D eigenvalue weighted by atomic mass is 16.4. The molecule has 0 saturated heterocycles. The van der Waals surface area contributed by atoms with Crippen LogP contribution in [0.25, 0.3) is 0 Å². The average Bonchev–Trinajstić information content (AvgIpc) is 2.91. The molecule has 0 bridgehead atoms. The highest BCUT2D eigenvalue weighted by Crippen LogP contribution is 2.21. The molecule has 0 radical (unpaired) electrons. The fourth-order valence-corrected chi connectivity index (χ4v) is 3.31. The first kappa shape index (κ1) is 17.2. The molecule has 0 unspecified atom stereocenters. The summed E-state index contributed by atoms with van der Waals surface area (Å²) in [4.78, 5) is 29.9. The fraction of sp³-hybridized carbons (Fsp3) is 0.421. The van der Waals surface area contributed by atoms with E-state index in [4.69, 9.17) is 10.1 Å². The number of hydrogen-bond donors (Lipinski definition) is 1. The number of rotatable bonds is 5. The summed E-state index contributed by atoms with van der Waals surface area (Å²) < 4.78 is 2.11. The van der Waals surface area contributed by atoms with Crippen molar-refractivity contribution in [3.63, 3.8) is 0 Å². The standard InChI is InChI=1S/C19H23N3O3/c1-21(12-17-20-15-8-3-4-9-16(15)22(17)2)18(23)11-13-6-5-7-14(10-13)19(24)25/h5-7,10H,3-4,8-9,11-12H2,1-2H3,(H,24,25). The third-order valence-corrected chi connectivity index (χ3v) is 4.80. The van der Waals surface area contributed by atoms with Crippen LogP contribution in [0.3, 0.4) is 0 Å². The summed E-state index contributed by atoms with van der Waals surface area (Å²) in [7, 11) is 3.78. The number of hydrogen-bond acceptors (Lipinski definition) is 3. The van der Waals surface area contributed by atoms with Crippen LogP contribution in [-0.2, 0) is 37.6 Å². The molecule has 132 valence electrons. The number of aromatic nitrogens is 2. The first-order valence-electron chi connectivity index (χ1n) is 8.55. The zero-order valence-corrected chi connectivity index (χ0v) is 14.7. The Morgan fingerprint density at radius 3 is 2.76 bits per heavy atom. The summed E-state index contributed by atoms with van der Waals surface area (Å²) in [5.41, 5.74) is 3.36. The Bertz CT molecular complexity index is 810. The molecule has 1 aliphatic carbocycles. The molecule has 1 aliphatic rings. The van der Waals surface area contributed by atoms with Crippen molar-refractivity contribution in [3.8, 4) is 0 Å². The number of carbonyl (C=O) groups excluding carboxylic acids is 1. The Labute approximate surface area is 147 Å². The summed E-state index contributed by atoms with van der Waals surface area (Å²) in [6.45, 7) is 0.459. The lowest BCUT2D eigenvalue weighted by molar-refractivity contribution is -0.129. The summed E-state index contributed by atoms with van der Waals surface area (Å²) >= 11 is 0. The number of benzene rings is 1. The number of carboxylic acids is 1. The van der Waals surface area contributed by atoms with Crippen LogP contribution in [0, 0.1) is 0 Å². The van der Waals surface area contributed by atoms with E-state index >= 15 is 0 Å². The molecule has 0 atom stereocenters. The van der Waals surface area contributed by atoms with Crippen molar-refractivity contribution in [3.05, 3.63) is 52.6 Å². The highest BCUT2D eigenvalue weighted by Gasteiger charge is 2.20. The molecule has 1 amide bonds. The largest absolute Gasteiger partial charge is 0.478 e. The van der Waals surface area contributed by atoms with E-state index in [2.05, 4.69) is 4.57 Å². The van der Waals surface area contributed by atoms with Crippen LogP contribution in [0.1, 0.15) is 46.0 Å². The predicted molar refractivity (Wildman–Crippen MR) is 93.4 cm³/mol. The van der Waals surface area contributed by atoms with Gasteiger partial charge in [0.05, 0.1) is 24.2 Å². The first-order valence-corrected chi connectivity index (χ1v) is 8.55. The maximum Gasteiger partial charge on any atom is 0.335 e. The van der Waals surface area contributed by atoms with Crippen molar-refractivity contribution in [2.75, 3.05) is 7.05 Å². The zero-order chi connectivity index (χ0) is 18.0. The number of amides is 1. The van der Waals surface area contributed by atoms with E-state index in [1.54, 1.807) is 30.1 Å². The van der Waals surface area contributed by atoms with Crippen LogP contribution in [0.4, 0.5) is 0 Å². The van der Waals surface area contributed by atoms with Crippen LogP contribution >= 0.6 is 0 Å². The van der Waals surface area contributed by atoms with Crippen molar-refractivity contribution < 1.29 is 14.7 Å². The third kappa shape index (κ3) is 3.73. The first-order chi connectivity index (χ1) is 12.0. The second kappa shape index (κ2) is 7.09. The van der Waals surface area contributed by atoms with E-state index in [9.17, 15) is 9.59 Å². The van der Waals surface area contributed by atoms with Gasteiger partial charge in [0, 0.05) is 19.8 Å². The molecule has 2 aromatic rings. The van der Waals surface area contributed by atoms with Gasteiger partial charge in [-0.3, -0.25) is 4.79 Å². The maximum absolute atomic E-state index is 12.5. The third-order valence-electron chi connectivity index (χ3n) is 4.80. The van der Waals surface area contributed by atoms with Gasteiger partial charge in [-0.25, -0.2) is 9.78 Å². The van der Waals surface area contributed by atoms with Crippen LogP contribution in [0.5, 0.6) is 0 Å². The minimum Gasteiger partial charge on any atom is -0.478 e. The van der Waals surface area contributed by atoms with E-state index in [1.165, 1.54) is 30.3 Å². The maximum atomic E-state index is 12.5. The molecule has 1 N–H and O–H groups in total. The van der Waals surface area contributed by atoms with Gasteiger partial charge < -0.3 is 14.6 Å². The van der Waals surface area contributed by atoms with Crippen molar-refractivity contribution in [2.45, 2.75) is 38.6 Å². The van der Waals surface area contributed by atoms with Crippen molar-refractivity contribution in [1.29, 1.82) is 0 Å². The van der Waals surface area contributed by atoms with E-state index in [1.807, 2.05) is 7.05 Å².